The van der Waals surface area contributed by atoms with E-state index in [9.17, 15) is 0 Å². The normalized spacial score (nSPS) is 19.1. The number of fused-ring (bicyclic) bond motifs is 1. The van der Waals surface area contributed by atoms with Crippen molar-refractivity contribution in [2.24, 2.45) is 0 Å². The van der Waals surface area contributed by atoms with Crippen molar-refractivity contribution >= 4 is 41.3 Å². The van der Waals surface area contributed by atoms with E-state index in [0.717, 1.165) is 6.42 Å². The van der Waals surface area contributed by atoms with Crippen LogP contribution in [0.4, 0.5) is 0 Å². The Morgan fingerprint density at radius 1 is 0.846 bits per heavy atom. The molecule has 0 unspecified atom stereocenters. The minimum absolute atomic E-state index is 0.0943. The monoisotopic (exact) mass is 468 g/mol. The minimum Gasteiger partial charge on any atom is -0.396 e. The zero-order chi connectivity index (χ0) is 18.0. The highest BCUT2D eigenvalue weighted by atomic mass is 127. The fourth-order valence-corrected chi connectivity index (χ4v) is 8.33. The van der Waals surface area contributed by atoms with Crippen LogP contribution in [0, 0.1) is 0 Å². The van der Waals surface area contributed by atoms with Crippen LogP contribution in [-0.4, -0.2) is 12.2 Å². The Bertz CT molecular complexity index is 855. The third kappa shape index (κ3) is 3.08. The molecular formula is C23H21IOSi. The standard InChI is InChI=1S/C23H21IOSi/c1-2-26(19-12-5-3-6-13-19,20-14-7-4-8-15-20)25-23-21-16-10-9-11-18(21)17-22(23)24/h2-16,22-23H,1,17H2/t22-,23-/m0/s1. The summed E-state index contributed by atoms with van der Waals surface area (Å²) in [5.41, 5.74) is 4.82. The molecule has 0 aromatic heterocycles. The first-order valence-electron chi connectivity index (χ1n) is 8.89. The zero-order valence-corrected chi connectivity index (χ0v) is 17.7. The van der Waals surface area contributed by atoms with Crippen LogP contribution in [0.5, 0.6) is 0 Å². The number of hydrogen-bond donors (Lipinski definition) is 0. The van der Waals surface area contributed by atoms with Gasteiger partial charge in [0.25, 0.3) is 8.32 Å². The predicted octanol–water partition coefficient (Wildman–Crippen LogP) is 4.59. The maximum atomic E-state index is 7.07. The number of benzene rings is 3. The van der Waals surface area contributed by atoms with Crippen molar-refractivity contribution in [3.8, 4) is 0 Å². The van der Waals surface area contributed by atoms with Gasteiger partial charge in [0, 0.05) is 3.92 Å². The van der Waals surface area contributed by atoms with Crippen molar-refractivity contribution in [2.45, 2.75) is 16.4 Å². The first-order valence-corrected chi connectivity index (χ1v) is 12.1. The average molecular weight is 468 g/mol. The van der Waals surface area contributed by atoms with Gasteiger partial charge in [-0.05, 0) is 27.9 Å². The Morgan fingerprint density at radius 3 is 1.96 bits per heavy atom. The van der Waals surface area contributed by atoms with Crippen molar-refractivity contribution < 1.29 is 4.43 Å². The molecule has 0 spiro atoms. The second kappa shape index (κ2) is 7.51. The van der Waals surface area contributed by atoms with E-state index < -0.39 is 8.32 Å². The van der Waals surface area contributed by atoms with E-state index in [1.165, 1.54) is 21.5 Å². The van der Waals surface area contributed by atoms with Crippen LogP contribution in [0.2, 0.25) is 0 Å². The predicted molar refractivity (Wildman–Crippen MR) is 120 cm³/mol. The molecule has 0 bridgehead atoms. The molecule has 1 aliphatic carbocycles. The van der Waals surface area contributed by atoms with Gasteiger partial charge in [0.2, 0.25) is 0 Å². The van der Waals surface area contributed by atoms with Gasteiger partial charge < -0.3 is 4.43 Å². The largest absolute Gasteiger partial charge is 0.396 e. The van der Waals surface area contributed by atoms with Crippen molar-refractivity contribution in [3.63, 3.8) is 0 Å². The van der Waals surface area contributed by atoms with Gasteiger partial charge in [-0.25, -0.2) is 0 Å². The lowest BCUT2D eigenvalue weighted by atomic mass is 10.1. The van der Waals surface area contributed by atoms with E-state index in [0.29, 0.717) is 3.92 Å². The summed E-state index contributed by atoms with van der Waals surface area (Å²) in [5, 5.41) is 2.49. The molecular weight excluding hydrogens is 447 g/mol. The Morgan fingerprint density at radius 2 is 1.38 bits per heavy atom. The molecule has 0 N–H and O–H groups in total. The summed E-state index contributed by atoms with van der Waals surface area (Å²) in [6, 6.07) is 29.9. The number of halogens is 1. The zero-order valence-electron chi connectivity index (χ0n) is 14.5. The summed E-state index contributed by atoms with van der Waals surface area (Å²) in [4.78, 5) is 0. The Hall–Kier alpha value is -1.69. The second-order valence-corrected chi connectivity index (χ2v) is 11.5. The second-order valence-electron chi connectivity index (χ2n) is 6.63. The van der Waals surface area contributed by atoms with E-state index in [1.807, 2.05) is 0 Å². The molecule has 0 radical (unpaired) electrons. The van der Waals surface area contributed by atoms with Crippen molar-refractivity contribution in [1.82, 2.24) is 0 Å². The molecule has 1 aliphatic rings. The maximum Gasteiger partial charge on any atom is 0.281 e. The molecule has 26 heavy (non-hydrogen) atoms. The molecule has 0 amide bonds. The molecule has 0 heterocycles. The first-order chi connectivity index (χ1) is 12.7. The summed E-state index contributed by atoms with van der Waals surface area (Å²) in [5.74, 6) is 0. The Balaban J connectivity index is 1.83. The SMILES string of the molecule is C=C[Si](O[C@H]1c2ccccc2C[C@@H]1I)(c1ccccc1)c1ccccc1. The van der Waals surface area contributed by atoms with Gasteiger partial charge in [-0.3, -0.25) is 0 Å². The summed E-state index contributed by atoms with van der Waals surface area (Å²) < 4.78 is 7.51. The third-order valence-electron chi connectivity index (χ3n) is 5.11. The van der Waals surface area contributed by atoms with Crippen LogP contribution in [0.3, 0.4) is 0 Å². The Kier molecular flexibility index (Phi) is 5.11. The molecule has 3 heteroatoms. The van der Waals surface area contributed by atoms with E-state index in [2.05, 4.69) is 120 Å². The van der Waals surface area contributed by atoms with Gasteiger partial charge in [-0.15, -0.1) is 6.58 Å². The molecule has 2 atom stereocenters. The molecule has 0 aliphatic heterocycles. The lowest BCUT2D eigenvalue weighted by Gasteiger charge is -2.34. The summed E-state index contributed by atoms with van der Waals surface area (Å²) >= 11 is 2.55. The van der Waals surface area contributed by atoms with Crippen molar-refractivity contribution in [3.05, 3.63) is 108 Å². The smallest absolute Gasteiger partial charge is 0.281 e. The molecule has 0 fully saturated rings. The highest BCUT2D eigenvalue weighted by Crippen LogP contribution is 2.40. The van der Waals surface area contributed by atoms with Crippen LogP contribution in [0.25, 0.3) is 0 Å². The summed E-state index contributed by atoms with van der Waals surface area (Å²) in [6.45, 7) is 4.24. The fourth-order valence-electron chi connectivity index (χ4n) is 3.81. The van der Waals surface area contributed by atoms with Crippen LogP contribution < -0.4 is 10.4 Å². The van der Waals surface area contributed by atoms with Crippen molar-refractivity contribution in [1.29, 1.82) is 0 Å². The molecule has 0 saturated heterocycles. The van der Waals surface area contributed by atoms with E-state index in [-0.39, 0.29) is 6.10 Å². The highest BCUT2D eigenvalue weighted by Gasteiger charge is 2.43. The highest BCUT2D eigenvalue weighted by molar-refractivity contribution is 14.1. The van der Waals surface area contributed by atoms with E-state index >= 15 is 0 Å². The van der Waals surface area contributed by atoms with Crippen LogP contribution in [0.15, 0.2) is 97.2 Å². The lowest BCUT2D eigenvalue weighted by molar-refractivity contribution is 0.219. The van der Waals surface area contributed by atoms with Gasteiger partial charge in [-0.1, -0.05) is 113 Å². The van der Waals surface area contributed by atoms with Gasteiger partial charge in [0.15, 0.2) is 0 Å². The van der Waals surface area contributed by atoms with Gasteiger partial charge in [-0.2, -0.15) is 0 Å². The molecule has 3 aromatic rings. The van der Waals surface area contributed by atoms with Crippen LogP contribution >= 0.6 is 22.6 Å². The third-order valence-corrected chi connectivity index (χ3v) is 9.79. The summed E-state index contributed by atoms with van der Waals surface area (Å²) in [7, 11) is -2.54. The van der Waals surface area contributed by atoms with Gasteiger partial charge in [0.1, 0.15) is 0 Å². The van der Waals surface area contributed by atoms with Crippen molar-refractivity contribution in [2.75, 3.05) is 0 Å². The maximum absolute atomic E-state index is 7.07. The quantitative estimate of drug-likeness (QED) is 0.303. The van der Waals surface area contributed by atoms with E-state index in [1.54, 1.807) is 0 Å². The molecule has 1 nitrogen and oxygen atoms in total. The Labute approximate surface area is 170 Å². The van der Waals surface area contributed by atoms with Gasteiger partial charge >= 0.3 is 0 Å². The fraction of sp³-hybridized carbons (Fsp3) is 0.130. The minimum atomic E-state index is -2.54. The number of hydrogen-bond acceptors (Lipinski definition) is 1. The molecule has 0 saturated carbocycles. The number of alkyl halides is 1. The first kappa shape index (κ1) is 17.7. The van der Waals surface area contributed by atoms with E-state index in [4.69, 9.17) is 4.43 Å². The molecule has 130 valence electrons. The molecule has 3 aromatic carbocycles. The van der Waals surface area contributed by atoms with Crippen LogP contribution in [-0.2, 0) is 10.8 Å². The van der Waals surface area contributed by atoms with Crippen LogP contribution in [0.1, 0.15) is 17.2 Å². The van der Waals surface area contributed by atoms with Gasteiger partial charge in [0.05, 0.1) is 6.10 Å². The number of rotatable bonds is 5. The average Bonchev–Trinajstić information content (AvgIpc) is 3.02. The topological polar surface area (TPSA) is 9.23 Å². The molecule has 4 rings (SSSR count). The summed E-state index contributed by atoms with van der Waals surface area (Å²) in [6.07, 6.45) is 1.16. The lowest BCUT2D eigenvalue weighted by Crippen LogP contribution is -2.60.